The summed E-state index contributed by atoms with van der Waals surface area (Å²) >= 11 is 5.81. The van der Waals surface area contributed by atoms with E-state index in [-0.39, 0.29) is 11.6 Å². The molecule has 1 heterocycles. The van der Waals surface area contributed by atoms with E-state index in [0.717, 1.165) is 18.6 Å². The summed E-state index contributed by atoms with van der Waals surface area (Å²) in [7, 11) is 0. The number of halogens is 3. The second-order valence-electron chi connectivity index (χ2n) is 3.92. The molecule has 0 bridgehead atoms. The molecule has 1 aromatic carbocycles. The molecule has 19 heavy (non-hydrogen) atoms. The molecule has 0 aliphatic carbocycles. The molecule has 0 atom stereocenters. The lowest BCUT2D eigenvalue weighted by atomic mass is 10.3. The minimum absolute atomic E-state index is 0.105. The van der Waals surface area contributed by atoms with Gasteiger partial charge in [-0.1, -0.05) is 18.5 Å². The highest BCUT2D eigenvalue weighted by Crippen LogP contribution is 2.25. The minimum Gasteiger partial charge on any atom is -0.376 e. The molecule has 1 aromatic heterocycles. The molecule has 5 nitrogen and oxygen atoms in total. The van der Waals surface area contributed by atoms with E-state index in [9.17, 15) is 8.78 Å². The van der Waals surface area contributed by atoms with Gasteiger partial charge in [-0.25, -0.2) is 13.5 Å². The van der Waals surface area contributed by atoms with Crippen molar-refractivity contribution in [3.8, 4) is 0 Å². The Morgan fingerprint density at radius 3 is 2.79 bits per heavy atom. The van der Waals surface area contributed by atoms with Gasteiger partial charge in [0.05, 0.1) is 17.3 Å². The number of nitrogens with one attached hydrogen (secondary N) is 1. The number of nitrogens with zero attached hydrogens (tertiary/aromatic N) is 4. The zero-order chi connectivity index (χ0) is 13.8. The molecule has 0 spiro atoms. The third kappa shape index (κ3) is 3.17. The summed E-state index contributed by atoms with van der Waals surface area (Å²) in [6.45, 7) is 2.97. The van der Waals surface area contributed by atoms with Crippen LogP contribution in [0.5, 0.6) is 0 Å². The number of aryl methyl sites for hydroxylation is 1. The van der Waals surface area contributed by atoms with E-state index in [1.165, 1.54) is 0 Å². The first kappa shape index (κ1) is 13.7. The molecule has 0 unspecified atom stereocenters. The Morgan fingerprint density at radius 1 is 1.32 bits per heavy atom. The maximum atomic E-state index is 13.1. The summed E-state index contributed by atoms with van der Waals surface area (Å²) in [6.07, 6.45) is 0.893. The van der Waals surface area contributed by atoms with Crippen molar-refractivity contribution in [1.29, 1.82) is 0 Å². The molecular weight excluding hydrogens is 276 g/mol. The van der Waals surface area contributed by atoms with E-state index in [1.807, 2.05) is 6.92 Å². The van der Waals surface area contributed by atoms with Crippen LogP contribution < -0.4 is 5.32 Å². The summed E-state index contributed by atoms with van der Waals surface area (Å²) in [5, 5.41) is 14.2. The predicted molar refractivity (Wildman–Crippen MR) is 66.8 cm³/mol. The van der Waals surface area contributed by atoms with Gasteiger partial charge in [-0.2, -0.15) is 0 Å². The molecule has 0 saturated heterocycles. The van der Waals surface area contributed by atoms with Crippen molar-refractivity contribution in [2.24, 2.45) is 0 Å². The van der Waals surface area contributed by atoms with Crippen molar-refractivity contribution in [2.45, 2.75) is 26.4 Å². The number of hydrogen-bond acceptors (Lipinski definition) is 4. The zero-order valence-electron chi connectivity index (χ0n) is 10.2. The maximum Gasteiger partial charge on any atom is 0.170 e. The SMILES string of the molecule is CCCn1nnnc1CNc1cc(F)c(F)cc1Cl. The quantitative estimate of drug-likeness (QED) is 0.859. The standard InChI is InChI=1S/C11H12ClF2N5/c1-2-3-19-11(16-17-18-19)6-15-10-5-9(14)8(13)4-7(10)12/h4-5,15H,2-3,6H2,1H3. The van der Waals surface area contributed by atoms with E-state index in [4.69, 9.17) is 11.6 Å². The van der Waals surface area contributed by atoms with Crippen LogP contribution in [-0.2, 0) is 13.1 Å². The maximum absolute atomic E-state index is 13.1. The van der Waals surface area contributed by atoms with Gasteiger partial charge in [-0.3, -0.25) is 0 Å². The van der Waals surface area contributed by atoms with Crippen LogP contribution in [0.1, 0.15) is 19.2 Å². The summed E-state index contributed by atoms with van der Waals surface area (Å²) in [5.41, 5.74) is 0.298. The smallest absolute Gasteiger partial charge is 0.170 e. The first-order chi connectivity index (χ1) is 9.11. The van der Waals surface area contributed by atoms with E-state index < -0.39 is 11.6 Å². The van der Waals surface area contributed by atoms with Crippen molar-refractivity contribution in [2.75, 3.05) is 5.32 Å². The first-order valence-electron chi connectivity index (χ1n) is 5.75. The fraction of sp³-hybridized carbons (Fsp3) is 0.364. The largest absolute Gasteiger partial charge is 0.376 e. The van der Waals surface area contributed by atoms with Gasteiger partial charge in [0, 0.05) is 12.6 Å². The molecule has 0 amide bonds. The van der Waals surface area contributed by atoms with Crippen LogP contribution in [0, 0.1) is 11.6 Å². The Balaban J connectivity index is 2.10. The van der Waals surface area contributed by atoms with E-state index in [1.54, 1.807) is 4.68 Å². The lowest BCUT2D eigenvalue weighted by Crippen LogP contribution is -2.10. The summed E-state index contributed by atoms with van der Waals surface area (Å²) in [5.74, 6) is -1.34. The fourth-order valence-electron chi connectivity index (χ4n) is 1.57. The average Bonchev–Trinajstić information content (AvgIpc) is 2.80. The summed E-state index contributed by atoms with van der Waals surface area (Å²) < 4.78 is 27.7. The van der Waals surface area contributed by atoms with E-state index in [2.05, 4.69) is 20.8 Å². The van der Waals surface area contributed by atoms with Crippen molar-refractivity contribution in [3.05, 3.63) is 34.6 Å². The fourth-order valence-corrected chi connectivity index (χ4v) is 1.78. The van der Waals surface area contributed by atoms with Gasteiger partial charge in [0.2, 0.25) is 0 Å². The molecule has 1 N–H and O–H groups in total. The molecule has 0 aliphatic rings. The zero-order valence-corrected chi connectivity index (χ0v) is 11.0. The topological polar surface area (TPSA) is 55.6 Å². The molecule has 0 radical (unpaired) electrons. The lowest BCUT2D eigenvalue weighted by molar-refractivity contribution is 0.509. The molecule has 2 aromatic rings. The molecular formula is C11H12ClF2N5. The Bertz CT molecular complexity index is 572. The van der Waals surface area contributed by atoms with Crippen LogP contribution in [-0.4, -0.2) is 20.2 Å². The molecule has 2 rings (SSSR count). The van der Waals surface area contributed by atoms with Gasteiger partial charge in [0.15, 0.2) is 17.5 Å². The van der Waals surface area contributed by atoms with Gasteiger partial charge >= 0.3 is 0 Å². The third-order valence-electron chi connectivity index (χ3n) is 2.49. The van der Waals surface area contributed by atoms with Crippen LogP contribution in [0.15, 0.2) is 12.1 Å². The van der Waals surface area contributed by atoms with Gasteiger partial charge in [0.1, 0.15) is 0 Å². The van der Waals surface area contributed by atoms with Crippen molar-refractivity contribution < 1.29 is 8.78 Å². The second-order valence-corrected chi connectivity index (χ2v) is 4.33. The van der Waals surface area contributed by atoms with Crippen LogP contribution in [0.4, 0.5) is 14.5 Å². The summed E-state index contributed by atoms with van der Waals surface area (Å²) in [6, 6.07) is 1.93. The number of aromatic nitrogens is 4. The molecule has 0 aliphatic heterocycles. The van der Waals surface area contributed by atoms with Gasteiger partial charge in [-0.05, 0) is 22.9 Å². The van der Waals surface area contributed by atoms with Crippen molar-refractivity contribution in [1.82, 2.24) is 20.2 Å². The average molecular weight is 288 g/mol. The third-order valence-corrected chi connectivity index (χ3v) is 2.80. The highest BCUT2D eigenvalue weighted by Gasteiger charge is 2.10. The summed E-state index contributed by atoms with van der Waals surface area (Å²) in [4.78, 5) is 0. The van der Waals surface area contributed by atoms with Crippen LogP contribution >= 0.6 is 11.6 Å². The Morgan fingerprint density at radius 2 is 2.05 bits per heavy atom. The van der Waals surface area contributed by atoms with Gasteiger partial charge < -0.3 is 5.32 Å². The number of rotatable bonds is 5. The van der Waals surface area contributed by atoms with Crippen molar-refractivity contribution in [3.63, 3.8) is 0 Å². The number of tetrazole rings is 1. The van der Waals surface area contributed by atoms with Crippen LogP contribution in [0.2, 0.25) is 5.02 Å². The highest BCUT2D eigenvalue weighted by molar-refractivity contribution is 6.33. The number of hydrogen-bond donors (Lipinski definition) is 1. The molecule has 0 fully saturated rings. The lowest BCUT2D eigenvalue weighted by Gasteiger charge is -2.08. The highest BCUT2D eigenvalue weighted by atomic mass is 35.5. The Hall–Kier alpha value is -1.76. The minimum atomic E-state index is -0.980. The normalized spacial score (nSPS) is 10.7. The number of anilines is 1. The van der Waals surface area contributed by atoms with Crippen LogP contribution in [0.25, 0.3) is 0 Å². The first-order valence-corrected chi connectivity index (χ1v) is 6.13. The van der Waals surface area contributed by atoms with Gasteiger partial charge in [0.25, 0.3) is 0 Å². The monoisotopic (exact) mass is 287 g/mol. The second kappa shape index (κ2) is 5.92. The predicted octanol–water partition coefficient (Wildman–Crippen LogP) is 2.63. The molecule has 8 heteroatoms. The van der Waals surface area contributed by atoms with Crippen molar-refractivity contribution >= 4 is 17.3 Å². The van der Waals surface area contributed by atoms with Gasteiger partial charge in [-0.15, -0.1) is 5.10 Å². The van der Waals surface area contributed by atoms with E-state index >= 15 is 0 Å². The molecule has 102 valence electrons. The Labute approximate surface area is 113 Å². The Kier molecular flexibility index (Phi) is 4.26. The van der Waals surface area contributed by atoms with E-state index in [0.29, 0.717) is 18.1 Å². The van der Waals surface area contributed by atoms with Crippen LogP contribution in [0.3, 0.4) is 0 Å². The molecule has 0 saturated carbocycles. The number of benzene rings is 1.